The van der Waals surface area contributed by atoms with E-state index in [9.17, 15) is 30.0 Å². The Balaban J connectivity index is 2.44. The predicted octanol–water partition coefficient (Wildman–Crippen LogP) is 7.32. The molecule has 1 aliphatic heterocycles. The monoisotopic (exact) mass is 722 g/mol. The fourth-order valence-corrected chi connectivity index (χ4v) is 5.61. The molecule has 10 nitrogen and oxygen atoms in total. The van der Waals surface area contributed by atoms with Crippen LogP contribution in [0.2, 0.25) is 0 Å². The first-order valence-corrected chi connectivity index (χ1v) is 19.7. The van der Waals surface area contributed by atoms with Crippen molar-refractivity contribution in [3.8, 4) is 0 Å². The Kier molecular flexibility index (Phi) is 29.6. The van der Waals surface area contributed by atoms with Crippen molar-refractivity contribution >= 4 is 11.9 Å². The Morgan fingerprint density at radius 3 is 1.71 bits per heavy atom. The maximum atomic E-state index is 12.7. The molecule has 0 amide bonds. The SMILES string of the molecule is CC/C=C\C/C=C\C/C=C\C/C=C\CCC(=O)OC(COC(=O)CCCCCCCCCCCCCCC)COC1OC(CO)C(O)C(O)C1O. The van der Waals surface area contributed by atoms with Gasteiger partial charge in [0.25, 0.3) is 0 Å². The molecule has 0 spiro atoms. The summed E-state index contributed by atoms with van der Waals surface area (Å²) >= 11 is 0. The van der Waals surface area contributed by atoms with Gasteiger partial charge in [0.15, 0.2) is 12.4 Å². The van der Waals surface area contributed by atoms with Gasteiger partial charge in [-0.05, 0) is 38.5 Å². The second-order valence-corrected chi connectivity index (χ2v) is 13.4. The van der Waals surface area contributed by atoms with E-state index < -0.39 is 55.4 Å². The number of aliphatic hydroxyl groups is 4. The van der Waals surface area contributed by atoms with Gasteiger partial charge < -0.3 is 39.4 Å². The molecule has 10 heteroatoms. The van der Waals surface area contributed by atoms with Gasteiger partial charge in [-0.1, -0.05) is 140 Å². The average molecular weight is 723 g/mol. The smallest absolute Gasteiger partial charge is 0.306 e. The van der Waals surface area contributed by atoms with E-state index in [4.69, 9.17) is 18.9 Å². The molecule has 294 valence electrons. The zero-order valence-electron chi connectivity index (χ0n) is 31.6. The van der Waals surface area contributed by atoms with Crippen LogP contribution in [0.1, 0.15) is 142 Å². The van der Waals surface area contributed by atoms with Crippen LogP contribution >= 0.6 is 0 Å². The zero-order valence-corrected chi connectivity index (χ0v) is 31.6. The standard InChI is InChI=1S/C41H70O10/c1-3-5-7-9-11-13-15-17-19-21-23-25-27-29-36(43)48-32-34(33-49-41-40(47)39(46)38(45)35(31-42)51-41)50-37(44)30-28-26-24-22-20-18-16-14-12-10-8-6-4-2/h6,8,12,14,18,20,24,26,34-35,38-42,45-47H,3-5,7,9-11,13,15-17,19,21-23,25,27-33H2,1-2H3/b8-6-,14-12-,20-18-,26-24-. The molecule has 4 N–H and O–H groups in total. The summed E-state index contributed by atoms with van der Waals surface area (Å²) in [5, 5.41) is 39.9. The van der Waals surface area contributed by atoms with Gasteiger partial charge in [-0.2, -0.15) is 0 Å². The molecule has 6 atom stereocenters. The largest absolute Gasteiger partial charge is 0.462 e. The molecule has 1 saturated heterocycles. The quantitative estimate of drug-likeness (QED) is 0.0325. The van der Waals surface area contributed by atoms with Gasteiger partial charge in [-0.3, -0.25) is 9.59 Å². The number of ether oxygens (including phenoxy) is 4. The first-order chi connectivity index (χ1) is 24.8. The number of hydrogen-bond donors (Lipinski definition) is 4. The maximum absolute atomic E-state index is 12.7. The first-order valence-electron chi connectivity index (χ1n) is 19.7. The van der Waals surface area contributed by atoms with E-state index in [1.807, 2.05) is 12.2 Å². The van der Waals surface area contributed by atoms with Crippen molar-refractivity contribution in [1.29, 1.82) is 0 Å². The van der Waals surface area contributed by atoms with Crippen LogP contribution in [0.5, 0.6) is 0 Å². The van der Waals surface area contributed by atoms with Crippen LogP contribution in [-0.4, -0.2) is 89.0 Å². The van der Waals surface area contributed by atoms with Gasteiger partial charge in [-0.15, -0.1) is 0 Å². The van der Waals surface area contributed by atoms with Gasteiger partial charge in [0.05, 0.1) is 13.2 Å². The average Bonchev–Trinajstić information content (AvgIpc) is 3.13. The lowest BCUT2D eigenvalue weighted by molar-refractivity contribution is -0.305. The molecule has 0 aliphatic carbocycles. The van der Waals surface area contributed by atoms with Gasteiger partial charge in [0.2, 0.25) is 0 Å². The summed E-state index contributed by atoms with van der Waals surface area (Å²) in [4.78, 5) is 25.1. The topological polar surface area (TPSA) is 152 Å². The summed E-state index contributed by atoms with van der Waals surface area (Å²) in [6, 6.07) is 0. The third-order valence-electron chi connectivity index (χ3n) is 8.74. The Hall–Kier alpha value is -2.34. The number of allylic oxidation sites excluding steroid dienone is 8. The third-order valence-corrected chi connectivity index (χ3v) is 8.74. The molecule has 1 rings (SSSR count). The summed E-state index contributed by atoms with van der Waals surface area (Å²) in [5.74, 6) is -0.904. The lowest BCUT2D eigenvalue weighted by Crippen LogP contribution is -2.59. The molecule has 0 bridgehead atoms. The second-order valence-electron chi connectivity index (χ2n) is 13.4. The molecule has 0 aromatic carbocycles. The van der Waals surface area contributed by atoms with E-state index in [0.717, 1.165) is 44.9 Å². The molecule has 1 heterocycles. The molecule has 0 aromatic rings. The Morgan fingerprint density at radius 1 is 0.627 bits per heavy atom. The van der Waals surface area contributed by atoms with Crippen LogP contribution in [-0.2, 0) is 28.5 Å². The molecular weight excluding hydrogens is 652 g/mol. The highest BCUT2D eigenvalue weighted by Gasteiger charge is 2.44. The summed E-state index contributed by atoms with van der Waals surface area (Å²) in [5.41, 5.74) is 0. The Morgan fingerprint density at radius 2 is 1.16 bits per heavy atom. The zero-order chi connectivity index (χ0) is 37.4. The minimum atomic E-state index is -1.61. The second kappa shape index (κ2) is 32.3. The fourth-order valence-electron chi connectivity index (χ4n) is 5.61. The molecular formula is C41H70O10. The fraction of sp³-hybridized carbons (Fsp3) is 0.756. The first kappa shape index (κ1) is 46.7. The van der Waals surface area contributed by atoms with E-state index in [1.165, 1.54) is 64.2 Å². The summed E-state index contributed by atoms with van der Waals surface area (Å²) in [6.45, 7) is 3.21. The summed E-state index contributed by atoms with van der Waals surface area (Å²) in [6.07, 6.45) is 28.5. The van der Waals surface area contributed by atoms with Gasteiger partial charge in [0, 0.05) is 12.8 Å². The molecule has 0 aromatic heterocycles. The lowest BCUT2D eigenvalue weighted by Gasteiger charge is -2.39. The van der Waals surface area contributed by atoms with Crippen molar-refractivity contribution in [1.82, 2.24) is 0 Å². The summed E-state index contributed by atoms with van der Waals surface area (Å²) < 4.78 is 22.0. The van der Waals surface area contributed by atoms with Crippen molar-refractivity contribution in [2.24, 2.45) is 0 Å². The Labute approximate surface area is 308 Å². The van der Waals surface area contributed by atoms with Crippen molar-refractivity contribution in [2.75, 3.05) is 19.8 Å². The number of unbranched alkanes of at least 4 members (excludes halogenated alkanes) is 12. The van der Waals surface area contributed by atoms with Crippen molar-refractivity contribution in [3.63, 3.8) is 0 Å². The maximum Gasteiger partial charge on any atom is 0.306 e. The van der Waals surface area contributed by atoms with Crippen molar-refractivity contribution in [2.45, 2.75) is 179 Å². The van der Waals surface area contributed by atoms with E-state index in [1.54, 1.807) is 0 Å². The number of aliphatic hydroxyl groups excluding tert-OH is 4. The van der Waals surface area contributed by atoms with Gasteiger partial charge in [-0.25, -0.2) is 0 Å². The lowest BCUT2D eigenvalue weighted by atomic mass is 9.99. The predicted molar refractivity (Wildman–Crippen MR) is 201 cm³/mol. The molecule has 1 fully saturated rings. The third kappa shape index (κ3) is 24.5. The van der Waals surface area contributed by atoms with Crippen molar-refractivity contribution < 1.29 is 49.0 Å². The van der Waals surface area contributed by atoms with Gasteiger partial charge >= 0.3 is 11.9 Å². The van der Waals surface area contributed by atoms with Gasteiger partial charge in [0.1, 0.15) is 31.0 Å². The van der Waals surface area contributed by atoms with E-state index >= 15 is 0 Å². The number of carbonyl (C=O) groups excluding carboxylic acids is 2. The van der Waals surface area contributed by atoms with Crippen LogP contribution in [0.15, 0.2) is 48.6 Å². The van der Waals surface area contributed by atoms with Crippen LogP contribution in [0, 0.1) is 0 Å². The Bertz CT molecular complexity index is 975. The highest BCUT2D eigenvalue weighted by Crippen LogP contribution is 2.22. The van der Waals surface area contributed by atoms with E-state index in [-0.39, 0.29) is 26.1 Å². The molecule has 1 aliphatic rings. The van der Waals surface area contributed by atoms with E-state index in [2.05, 4.69) is 50.3 Å². The van der Waals surface area contributed by atoms with Crippen LogP contribution < -0.4 is 0 Å². The normalized spacial score (nSPS) is 21.7. The minimum absolute atomic E-state index is 0.109. The van der Waals surface area contributed by atoms with E-state index in [0.29, 0.717) is 6.42 Å². The number of hydrogen-bond acceptors (Lipinski definition) is 10. The van der Waals surface area contributed by atoms with Crippen molar-refractivity contribution in [3.05, 3.63) is 48.6 Å². The number of esters is 2. The molecule has 0 saturated carbocycles. The summed E-state index contributed by atoms with van der Waals surface area (Å²) in [7, 11) is 0. The minimum Gasteiger partial charge on any atom is -0.462 e. The van der Waals surface area contributed by atoms with Crippen LogP contribution in [0.4, 0.5) is 0 Å². The molecule has 0 radical (unpaired) electrons. The molecule has 6 unspecified atom stereocenters. The highest BCUT2D eigenvalue weighted by atomic mass is 16.7. The number of carbonyl (C=O) groups is 2. The van der Waals surface area contributed by atoms with Crippen LogP contribution in [0.25, 0.3) is 0 Å². The molecule has 51 heavy (non-hydrogen) atoms. The number of rotatable bonds is 31. The van der Waals surface area contributed by atoms with Crippen LogP contribution in [0.3, 0.4) is 0 Å². The highest BCUT2D eigenvalue weighted by molar-refractivity contribution is 5.70.